The molecule has 0 spiro atoms. The van der Waals surface area contributed by atoms with Gasteiger partial charge in [-0.3, -0.25) is 9.59 Å². The first-order valence-electron chi connectivity index (χ1n) is 10.0. The molecule has 0 N–H and O–H groups in total. The van der Waals surface area contributed by atoms with E-state index in [-0.39, 0.29) is 17.7 Å². The molecule has 1 unspecified atom stereocenters. The Morgan fingerprint density at radius 1 is 1.00 bits per heavy atom. The molecule has 0 aromatic heterocycles. The molecule has 2 heterocycles. The third-order valence-corrected chi connectivity index (χ3v) is 6.22. The monoisotopic (exact) mass is 352 g/mol. The van der Waals surface area contributed by atoms with Crippen molar-refractivity contribution < 1.29 is 9.59 Å². The molecule has 4 heteroatoms. The van der Waals surface area contributed by atoms with Gasteiger partial charge in [0.05, 0.1) is 5.92 Å². The zero-order chi connectivity index (χ0) is 17.9. The Balaban J connectivity index is 1.39. The molecule has 26 heavy (non-hydrogen) atoms. The average Bonchev–Trinajstić information content (AvgIpc) is 3.23. The number of hydrogen-bond acceptors (Lipinski definition) is 2. The molecule has 4 rings (SSSR count). The van der Waals surface area contributed by atoms with E-state index < -0.39 is 0 Å². The van der Waals surface area contributed by atoms with E-state index in [1.54, 1.807) is 0 Å². The van der Waals surface area contributed by atoms with Crippen molar-refractivity contribution in [3.8, 4) is 0 Å². The zero-order valence-electron chi connectivity index (χ0n) is 15.4. The lowest BCUT2D eigenvalue weighted by atomic mass is 9.93. The lowest BCUT2D eigenvalue weighted by molar-refractivity contribution is -0.144. The number of amides is 2. The van der Waals surface area contributed by atoms with Crippen LogP contribution in [0.3, 0.4) is 0 Å². The van der Waals surface area contributed by atoms with Gasteiger partial charge in [-0.1, -0.05) is 49.2 Å². The maximum absolute atomic E-state index is 13.0. The summed E-state index contributed by atoms with van der Waals surface area (Å²) in [5, 5.41) is 0. The van der Waals surface area contributed by atoms with Crippen molar-refractivity contribution in [1.29, 1.82) is 0 Å². The SMILES string of the molecule is O=C(C1CCC(=O)N(C2CCCC2)C1)N1CC=C(c2ccccc2)CC1. The summed E-state index contributed by atoms with van der Waals surface area (Å²) in [6, 6.07) is 10.8. The molecule has 3 aliphatic rings. The van der Waals surface area contributed by atoms with Gasteiger partial charge in [-0.05, 0) is 36.8 Å². The maximum Gasteiger partial charge on any atom is 0.227 e. The standard InChI is InChI=1S/C22H28N2O2/c25-21-11-10-19(16-24(21)20-8-4-5-9-20)22(26)23-14-12-18(13-15-23)17-6-2-1-3-7-17/h1-3,6-7,12,19-20H,4-5,8-11,13-16H2. The van der Waals surface area contributed by atoms with Gasteiger partial charge in [-0.2, -0.15) is 0 Å². The van der Waals surface area contributed by atoms with Crippen LogP contribution in [0.4, 0.5) is 0 Å². The highest BCUT2D eigenvalue weighted by atomic mass is 16.2. The van der Waals surface area contributed by atoms with Gasteiger partial charge in [-0.25, -0.2) is 0 Å². The molecule has 1 aromatic rings. The van der Waals surface area contributed by atoms with E-state index in [1.165, 1.54) is 24.0 Å². The van der Waals surface area contributed by atoms with Crippen LogP contribution >= 0.6 is 0 Å². The Labute approximate surface area is 155 Å². The van der Waals surface area contributed by atoms with Gasteiger partial charge in [0.1, 0.15) is 0 Å². The Bertz CT molecular complexity index is 691. The van der Waals surface area contributed by atoms with Crippen LogP contribution in [0.1, 0.15) is 50.5 Å². The largest absolute Gasteiger partial charge is 0.339 e. The molecule has 1 saturated carbocycles. The van der Waals surface area contributed by atoms with Gasteiger partial charge in [0.25, 0.3) is 0 Å². The Hall–Kier alpha value is -2.10. The molecule has 138 valence electrons. The summed E-state index contributed by atoms with van der Waals surface area (Å²) < 4.78 is 0. The first-order chi connectivity index (χ1) is 12.7. The predicted octanol–water partition coefficient (Wildman–Crippen LogP) is 3.48. The van der Waals surface area contributed by atoms with Gasteiger partial charge in [0.2, 0.25) is 11.8 Å². The molecule has 1 atom stereocenters. The zero-order valence-corrected chi connectivity index (χ0v) is 15.4. The quantitative estimate of drug-likeness (QED) is 0.835. The highest BCUT2D eigenvalue weighted by Crippen LogP contribution is 2.30. The minimum absolute atomic E-state index is 0.0139. The third kappa shape index (κ3) is 3.55. The summed E-state index contributed by atoms with van der Waals surface area (Å²) in [5.74, 6) is 0.481. The highest BCUT2D eigenvalue weighted by Gasteiger charge is 2.36. The molecule has 0 radical (unpaired) electrons. The van der Waals surface area contributed by atoms with Gasteiger partial charge in [0, 0.05) is 32.1 Å². The second-order valence-corrected chi connectivity index (χ2v) is 7.85. The second-order valence-electron chi connectivity index (χ2n) is 7.85. The average molecular weight is 352 g/mol. The van der Waals surface area contributed by atoms with Gasteiger partial charge >= 0.3 is 0 Å². The fraction of sp³-hybridized carbons (Fsp3) is 0.545. The number of piperidine rings is 1. The van der Waals surface area contributed by atoms with Crippen LogP contribution in [0.2, 0.25) is 0 Å². The van der Waals surface area contributed by atoms with Crippen LogP contribution in [0.15, 0.2) is 36.4 Å². The summed E-state index contributed by atoms with van der Waals surface area (Å²) in [4.78, 5) is 29.3. The summed E-state index contributed by atoms with van der Waals surface area (Å²) >= 11 is 0. The van der Waals surface area contributed by atoms with Crippen LogP contribution in [0, 0.1) is 5.92 Å². The minimum Gasteiger partial charge on any atom is -0.339 e. The van der Waals surface area contributed by atoms with E-state index in [4.69, 9.17) is 0 Å². The van der Waals surface area contributed by atoms with Crippen molar-refractivity contribution in [3.05, 3.63) is 42.0 Å². The molecule has 4 nitrogen and oxygen atoms in total. The van der Waals surface area contributed by atoms with E-state index in [0.29, 0.717) is 32.0 Å². The Kier molecular flexibility index (Phi) is 5.09. The van der Waals surface area contributed by atoms with Crippen molar-refractivity contribution in [1.82, 2.24) is 9.80 Å². The maximum atomic E-state index is 13.0. The normalized spacial score (nSPS) is 24.7. The Morgan fingerprint density at radius 2 is 1.77 bits per heavy atom. The molecule has 1 aromatic carbocycles. The van der Waals surface area contributed by atoms with Crippen molar-refractivity contribution >= 4 is 17.4 Å². The molecule has 1 saturated heterocycles. The van der Waals surface area contributed by atoms with Crippen LogP contribution in [-0.2, 0) is 9.59 Å². The molecule has 2 fully saturated rings. The topological polar surface area (TPSA) is 40.6 Å². The van der Waals surface area contributed by atoms with E-state index in [9.17, 15) is 9.59 Å². The van der Waals surface area contributed by atoms with Gasteiger partial charge in [-0.15, -0.1) is 0 Å². The summed E-state index contributed by atoms with van der Waals surface area (Å²) in [5.41, 5.74) is 2.59. The lowest BCUT2D eigenvalue weighted by Gasteiger charge is -2.38. The smallest absolute Gasteiger partial charge is 0.227 e. The van der Waals surface area contributed by atoms with Gasteiger partial charge in [0.15, 0.2) is 0 Å². The Morgan fingerprint density at radius 3 is 2.46 bits per heavy atom. The lowest BCUT2D eigenvalue weighted by Crippen LogP contribution is -2.50. The fourth-order valence-electron chi connectivity index (χ4n) is 4.68. The molecule has 1 aliphatic carbocycles. The summed E-state index contributed by atoms with van der Waals surface area (Å²) in [7, 11) is 0. The number of benzene rings is 1. The summed E-state index contributed by atoms with van der Waals surface area (Å²) in [6.45, 7) is 2.11. The van der Waals surface area contributed by atoms with E-state index >= 15 is 0 Å². The van der Waals surface area contributed by atoms with Crippen LogP contribution in [0.25, 0.3) is 5.57 Å². The summed E-state index contributed by atoms with van der Waals surface area (Å²) in [6.07, 6.45) is 9.00. The number of hydrogen-bond donors (Lipinski definition) is 0. The molecule has 0 bridgehead atoms. The number of carbonyl (C=O) groups excluding carboxylic acids is 2. The van der Waals surface area contributed by atoms with Crippen LogP contribution in [-0.4, -0.2) is 47.3 Å². The number of carbonyl (C=O) groups is 2. The third-order valence-electron chi connectivity index (χ3n) is 6.22. The molecular weight excluding hydrogens is 324 g/mol. The van der Waals surface area contributed by atoms with Crippen molar-refractivity contribution in [2.45, 2.75) is 51.0 Å². The highest BCUT2D eigenvalue weighted by molar-refractivity contribution is 5.85. The molecule has 2 aliphatic heterocycles. The number of rotatable bonds is 3. The second kappa shape index (κ2) is 7.65. The first-order valence-corrected chi connectivity index (χ1v) is 10.0. The van der Waals surface area contributed by atoms with Crippen molar-refractivity contribution in [3.63, 3.8) is 0 Å². The van der Waals surface area contributed by atoms with Gasteiger partial charge < -0.3 is 9.80 Å². The minimum atomic E-state index is -0.0139. The molecule has 2 amide bonds. The molecular formula is C22H28N2O2. The van der Waals surface area contributed by atoms with E-state index in [0.717, 1.165) is 25.8 Å². The van der Waals surface area contributed by atoms with Crippen LogP contribution < -0.4 is 0 Å². The van der Waals surface area contributed by atoms with Crippen molar-refractivity contribution in [2.75, 3.05) is 19.6 Å². The van der Waals surface area contributed by atoms with E-state index in [2.05, 4.69) is 30.3 Å². The van der Waals surface area contributed by atoms with Crippen molar-refractivity contribution in [2.24, 2.45) is 5.92 Å². The number of nitrogens with zero attached hydrogens (tertiary/aromatic N) is 2. The first kappa shape index (κ1) is 17.3. The predicted molar refractivity (Wildman–Crippen MR) is 102 cm³/mol. The fourth-order valence-corrected chi connectivity index (χ4v) is 4.68. The van der Waals surface area contributed by atoms with Crippen LogP contribution in [0.5, 0.6) is 0 Å². The van der Waals surface area contributed by atoms with E-state index in [1.807, 2.05) is 15.9 Å². The number of likely N-dealkylation sites (tertiary alicyclic amines) is 1.